The molecule has 0 aliphatic carbocycles. The zero-order valence-corrected chi connectivity index (χ0v) is 14.1. The maximum Gasteiger partial charge on any atom is 0.338 e. The standard InChI is InChI=1S/C19H22N4O2/c24-17(25)16-10-20-18(21-11-16)23-9-7-19(14-23)6-8-22(13-19)12-15-4-2-1-3-5-15/h1-5,10-11H,6-9,12-14H2,(H,24,25). The van der Waals surface area contributed by atoms with Crippen LogP contribution >= 0.6 is 0 Å². The van der Waals surface area contributed by atoms with Crippen LogP contribution in [0.4, 0.5) is 5.95 Å². The fourth-order valence-corrected chi connectivity index (χ4v) is 4.04. The average Bonchev–Trinajstić information content (AvgIpc) is 3.23. The number of carboxylic acids is 1. The van der Waals surface area contributed by atoms with Crippen molar-refractivity contribution in [2.45, 2.75) is 19.4 Å². The number of aromatic nitrogens is 2. The molecule has 1 spiro atoms. The molecule has 130 valence electrons. The zero-order valence-electron chi connectivity index (χ0n) is 14.1. The number of carbonyl (C=O) groups is 1. The van der Waals surface area contributed by atoms with Gasteiger partial charge in [-0.3, -0.25) is 4.90 Å². The lowest BCUT2D eigenvalue weighted by Gasteiger charge is -2.24. The van der Waals surface area contributed by atoms with Gasteiger partial charge in [0.1, 0.15) is 0 Å². The molecule has 0 amide bonds. The molecule has 1 unspecified atom stereocenters. The fourth-order valence-electron chi connectivity index (χ4n) is 4.04. The third-order valence-corrected chi connectivity index (χ3v) is 5.37. The van der Waals surface area contributed by atoms with E-state index in [4.69, 9.17) is 5.11 Å². The second-order valence-electron chi connectivity index (χ2n) is 7.19. The van der Waals surface area contributed by atoms with Crippen molar-refractivity contribution in [3.63, 3.8) is 0 Å². The summed E-state index contributed by atoms with van der Waals surface area (Å²) in [6.07, 6.45) is 5.13. The first-order valence-corrected chi connectivity index (χ1v) is 8.70. The predicted octanol–water partition coefficient (Wildman–Crippen LogP) is 2.28. The first-order chi connectivity index (χ1) is 12.1. The number of carboxylic acid groups (broad SMARTS) is 1. The van der Waals surface area contributed by atoms with Crippen LogP contribution in [0, 0.1) is 5.41 Å². The van der Waals surface area contributed by atoms with Crippen LogP contribution in [0.25, 0.3) is 0 Å². The largest absolute Gasteiger partial charge is 0.478 e. The molecule has 1 aromatic carbocycles. The summed E-state index contributed by atoms with van der Waals surface area (Å²) in [5, 5.41) is 8.96. The number of rotatable bonds is 4. The molecular weight excluding hydrogens is 316 g/mol. The Hall–Kier alpha value is -2.47. The van der Waals surface area contributed by atoms with Crippen LogP contribution in [0.5, 0.6) is 0 Å². The first-order valence-electron chi connectivity index (χ1n) is 8.70. The monoisotopic (exact) mass is 338 g/mol. The Morgan fingerprint density at radius 3 is 2.52 bits per heavy atom. The summed E-state index contributed by atoms with van der Waals surface area (Å²) >= 11 is 0. The van der Waals surface area contributed by atoms with Crippen LogP contribution in [0.15, 0.2) is 42.7 Å². The van der Waals surface area contributed by atoms with Gasteiger partial charge in [-0.2, -0.15) is 0 Å². The van der Waals surface area contributed by atoms with Crippen LogP contribution < -0.4 is 4.90 Å². The molecule has 0 saturated carbocycles. The molecule has 25 heavy (non-hydrogen) atoms. The fraction of sp³-hybridized carbons (Fsp3) is 0.421. The molecular formula is C19H22N4O2. The van der Waals surface area contributed by atoms with Gasteiger partial charge >= 0.3 is 5.97 Å². The first kappa shape index (κ1) is 16.0. The Kier molecular flexibility index (Phi) is 4.13. The Morgan fingerprint density at radius 2 is 1.80 bits per heavy atom. The average molecular weight is 338 g/mol. The van der Waals surface area contributed by atoms with Crippen LogP contribution in [0.1, 0.15) is 28.8 Å². The molecule has 6 nitrogen and oxygen atoms in total. The molecule has 2 saturated heterocycles. The van der Waals surface area contributed by atoms with Crippen molar-refractivity contribution in [1.82, 2.24) is 14.9 Å². The molecule has 2 aliphatic heterocycles. The highest BCUT2D eigenvalue weighted by atomic mass is 16.4. The van der Waals surface area contributed by atoms with Gasteiger partial charge in [-0.15, -0.1) is 0 Å². The van der Waals surface area contributed by atoms with Crippen molar-refractivity contribution in [1.29, 1.82) is 0 Å². The van der Waals surface area contributed by atoms with Crippen LogP contribution in [0.3, 0.4) is 0 Å². The molecule has 2 fully saturated rings. The molecule has 0 radical (unpaired) electrons. The van der Waals surface area contributed by atoms with Crippen LogP contribution in [-0.2, 0) is 6.54 Å². The Balaban J connectivity index is 1.39. The van der Waals surface area contributed by atoms with Gasteiger partial charge in [0.15, 0.2) is 0 Å². The summed E-state index contributed by atoms with van der Waals surface area (Å²) in [7, 11) is 0. The SMILES string of the molecule is O=C(O)c1cnc(N2CCC3(CCN(Cc4ccccc4)C3)C2)nc1. The van der Waals surface area contributed by atoms with Crippen LogP contribution in [0.2, 0.25) is 0 Å². The predicted molar refractivity (Wildman–Crippen MR) is 94.6 cm³/mol. The van der Waals surface area contributed by atoms with E-state index in [0.29, 0.717) is 11.4 Å². The van der Waals surface area contributed by atoms with E-state index >= 15 is 0 Å². The van der Waals surface area contributed by atoms with Crippen molar-refractivity contribution in [3.05, 3.63) is 53.9 Å². The van der Waals surface area contributed by atoms with Crippen molar-refractivity contribution in [2.24, 2.45) is 5.41 Å². The van der Waals surface area contributed by atoms with E-state index < -0.39 is 5.97 Å². The lowest BCUT2D eigenvalue weighted by Crippen LogP contribution is -2.31. The van der Waals surface area contributed by atoms with Gasteiger partial charge in [-0.05, 0) is 24.9 Å². The van der Waals surface area contributed by atoms with Gasteiger partial charge in [0.05, 0.1) is 5.56 Å². The maximum absolute atomic E-state index is 10.9. The smallest absolute Gasteiger partial charge is 0.338 e. The topological polar surface area (TPSA) is 69.6 Å². The summed E-state index contributed by atoms with van der Waals surface area (Å²) in [5.74, 6) is -0.347. The van der Waals surface area contributed by atoms with Crippen molar-refractivity contribution in [3.8, 4) is 0 Å². The van der Waals surface area contributed by atoms with Crippen molar-refractivity contribution < 1.29 is 9.90 Å². The van der Waals surface area contributed by atoms with Gasteiger partial charge in [0, 0.05) is 44.0 Å². The number of anilines is 1. The summed E-state index contributed by atoms with van der Waals surface area (Å²) in [6.45, 7) is 5.12. The quantitative estimate of drug-likeness (QED) is 0.922. The van der Waals surface area contributed by atoms with Gasteiger partial charge in [-0.25, -0.2) is 14.8 Å². The van der Waals surface area contributed by atoms with Gasteiger partial charge < -0.3 is 10.0 Å². The summed E-state index contributed by atoms with van der Waals surface area (Å²) in [6, 6.07) is 10.6. The zero-order chi connectivity index (χ0) is 17.3. The summed E-state index contributed by atoms with van der Waals surface area (Å²) < 4.78 is 0. The van der Waals surface area contributed by atoms with E-state index in [1.54, 1.807) is 0 Å². The van der Waals surface area contributed by atoms with E-state index in [2.05, 4.69) is 50.1 Å². The number of nitrogens with zero attached hydrogens (tertiary/aromatic N) is 4. The highest BCUT2D eigenvalue weighted by Gasteiger charge is 2.43. The molecule has 0 bridgehead atoms. The lowest BCUT2D eigenvalue weighted by atomic mass is 9.86. The number of likely N-dealkylation sites (tertiary alicyclic amines) is 1. The maximum atomic E-state index is 10.9. The third-order valence-electron chi connectivity index (χ3n) is 5.37. The minimum absolute atomic E-state index is 0.132. The van der Waals surface area contributed by atoms with Crippen molar-refractivity contribution in [2.75, 3.05) is 31.1 Å². The number of hydrogen-bond acceptors (Lipinski definition) is 5. The Morgan fingerprint density at radius 1 is 1.08 bits per heavy atom. The van der Waals surface area contributed by atoms with Gasteiger partial charge in [-0.1, -0.05) is 30.3 Å². The number of benzene rings is 1. The highest BCUT2D eigenvalue weighted by Crippen LogP contribution is 2.40. The molecule has 1 atom stereocenters. The molecule has 1 N–H and O–H groups in total. The number of aromatic carboxylic acids is 1. The molecule has 6 heteroatoms. The van der Waals surface area contributed by atoms with E-state index in [1.807, 2.05) is 0 Å². The van der Waals surface area contributed by atoms with Crippen LogP contribution in [-0.4, -0.2) is 52.1 Å². The second kappa shape index (κ2) is 6.44. The minimum Gasteiger partial charge on any atom is -0.478 e. The Bertz CT molecular complexity index is 750. The van der Waals surface area contributed by atoms with Crippen molar-refractivity contribution >= 4 is 11.9 Å². The summed E-state index contributed by atoms with van der Waals surface area (Å²) in [4.78, 5) is 24.1. The molecule has 4 rings (SSSR count). The Labute approximate surface area is 147 Å². The van der Waals surface area contributed by atoms with Gasteiger partial charge in [0.25, 0.3) is 0 Å². The van der Waals surface area contributed by atoms with E-state index in [9.17, 15) is 4.79 Å². The second-order valence-corrected chi connectivity index (χ2v) is 7.19. The van der Waals surface area contributed by atoms with E-state index in [1.165, 1.54) is 24.4 Å². The molecule has 3 heterocycles. The minimum atomic E-state index is -0.989. The summed E-state index contributed by atoms with van der Waals surface area (Å²) in [5.41, 5.74) is 1.80. The molecule has 2 aliphatic rings. The highest BCUT2D eigenvalue weighted by molar-refractivity contribution is 5.86. The lowest BCUT2D eigenvalue weighted by molar-refractivity contribution is 0.0696. The normalized spacial score (nSPS) is 23.4. The van der Waals surface area contributed by atoms with E-state index in [-0.39, 0.29) is 5.56 Å². The molecule has 1 aromatic heterocycles. The molecule has 2 aromatic rings. The number of hydrogen-bond donors (Lipinski definition) is 1. The third kappa shape index (κ3) is 3.35. The van der Waals surface area contributed by atoms with E-state index in [0.717, 1.165) is 39.1 Å². The van der Waals surface area contributed by atoms with Gasteiger partial charge in [0.2, 0.25) is 5.95 Å².